The van der Waals surface area contributed by atoms with E-state index in [1.807, 2.05) is 18.3 Å². The van der Waals surface area contributed by atoms with E-state index in [1.165, 1.54) is 11.1 Å². The number of methoxy groups -OCH3 is 1. The van der Waals surface area contributed by atoms with E-state index in [0.717, 1.165) is 27.9 Å². The van der Waals surface area contributed by atoms with Gasteiger partial charge in [0, 0.05) is 17.8 Å². The third kappa shape index (κ3) is 3.00. The molecule has 0 atom stereocenters. The van der Waals surface area contributed by atoms with Crippen molar-refractivity contribution in [1.82, 2.24) is 4.98 Å². The average molecular weight is 306 g/mol. The first-order valence-corrected chi connectivity index (χ1v) is 7.89. The molecule has 0 unspecified atom stereocenters. The maximum atomic E-state index is 5.58. The lowest BCUT2D eigenvalue weighted by Gasteiger charge is -2.16. The number of aromatic nitrogens is 1. The molecule has 0 radical (unpaired) electrons. The molecule has 3 heteroatoms. The Labute approximate surface area is 137 Å². The van der Waals surface area contributed by atoms with Gasteiger partial charge in [-0.2, -0.15) is 0 Å². The van der Waals surface area contributed by atoms with Gasteiger partial charge in [-0.15, -0.1) is 0 Å². The summed E-state index contributed by atoms with van der Waals surface area (Å²) >= 11 is 0. The molecular formula is C20H22N2O. The zero-order valence-electron chi connectivity index (χ0n) is 14.1. The summed E-state index contributed by atoms with van der Waals surface area (Å²) in [6.45, 7) is 6.32. The van der Waals surface area contributed by atoms with Crippen LogP contribution in [0.25, 0.3) is 21.9 Å². The van der Waals surface area contributed by atoms with Gasteiger partial charge >= 0.3 is 0 Å². The first-order chi connectivity index (χ1) is 11.1. The van der Waals surface area contributed by atoms with Crippen molar-refractivity contribution < 1.29 is 4.74 Å². The van der Waals surface area contributed by atoms with Gasteiger partial charge in [-0.25, -0.2) is 4.98 Å². The van der Waals surface area contributed by atoms with E-state index in [-0.39, 0.29) is 0 Å². The molecule has 3 aromatic rings. The summed E-state index contributed by atoms with van der Waals surface area (Å²) in [4.78, 5) is 4.67. The molecule has 0 bridgehead atoms. The zero-order valence-corrected chi connectivity index (χ0v) is 14.1. The first-order valence-electron chi connectivity index (χ1n) is 7.89. The lowest BCUT2D eigenvalue weighted by atomic mass is 9.98. The highest BCUT2D eigenvalue weighted by molar-refractivity contribution is 6.05. The number of hydrogen-bond acceptors (Lipinski definition) is 3. The van der Waals surface area contributed by atoms with Gasteiger partial charge in [0.25, 0.3) is 0 Å². The van der Waals surface area contributed by atoms with Crippen molar-refractivity contribution >= 4 is 16.6 Å². The van der Waals surface area contributed by atoms with E-state index in [2.05, 4.69) is 61.4 Å². The summed E-state index contributed by atoms with van der Waals surface area (Å²) in [5.74, 6) is 1.71. The number of pyridine rings is 1. The summed E-state index contributed by atoms with van der Waals surface area (Å²) in [6.07, 6.45) is 1.95. The first kappa shape index (κ1) is 15.3. The second kappa shape index (κ2) is 6.29. The number of rotatable bonds is 4. The summed E-state index contributed by atoms with van der Waals surface area (Å²) < 4.78 is 5.58. The van der Waals surface area contributed by atoms with Crippen molar-refractivity contribution in [2.24, 2.45) is 0 Å². The molecule has 23 heavy (non-hydrogen) atoms. The van der Waals surface area contributed by atoms with Gasteiger partial charge in [0.05, 0.1) is 12.5 Å². The Morgan fingerprint density at radius 3 is 2.57 bits per heavy atom. The predicted octanol–water partition coefficient (Wildman–Crippen LogP) is 5.04. The summed E-state index contributed by atoms with van der Waals surface area (Å²) in [7, 11) is 1.70. The van der Waals surface area contributed by atoms with Crippen LogP contribution in [0.5, 0.6) is 5.75 Å². The van der Waals surface area contributed by atoms with Gasteiger partial charge in [0.2, 0.25) is 0 Å². The third-order valence-electron chi connectivity index (χ3n) is 3.85. The molecule has 1 aromatic heterocycles. The number of nitrogens with one attached hydrogen (secondary N) is 1. The van der Waals surface area contributed by atoms with E-state index in [0.29, 0.717) is 6.04 Å². The minimum atomic E-state index is 0.306. The smallest absolute Gasteiger partial charge is 0.137 e. The topological polar surface area (TPSA) is 34.1 Å². The van der Waals surface area contributed by atoms with Crippen LogP contribution in [0, 0.1) is 6.92 Å². The standard InChI is InChI=1S/C20H22N2O/c1-13(2)22-20-19-16(9-6-10-18(19)23-4)17(12-21-20)15-8-5-7-14(3)11-15/h5-13H,1-4H3,(H,21,22). The van der Waals surface area contributed by atoms with Crippen LogP contribution in [0.1, 0.15) is 19.4 Å². The summed E-state index contributed by atoms with van der Waals surface area (Å²) in [6, 6.07) is 14.9. The highest BCUT2D eigenvalue weighted by atomic mass is 16.5. The minimum absolute atomic E-state index is 0.306. The van der Waals surface area contributed by atoms with E-state index >= 15 is 0 Å². The molecule has 3 rings (SSSR count). The van der Waals surface area contributed by atoms with E-state index < -0.39 is 0 Å². The number of hydrogen-bond donors (Lipinski definition) is 1. The van der Waals surface area contributed by atoms with Gasteiger partial charge in [0.1, 0.15) is 11.6 Å². The van der Waals surface area contributed by atoms with Gasteiger partial charge in [-0.1, -0.05) is 42.0 Å². The van der Waals surface area contributed by atoms with E-state index in [9.17, 15) is 0 Å². The van der Waals surface area contributed by atoms with Crippen LogP contribution in [-0.2, 0) is 0 Å². The normalized spacial score (nSPS) is 11.0. The Kier molecular flexibility index (Phi) is 4.20. The fourth-order valence-corrected chi connectivity index (χ4v) is 2.86. The molecule has 0 fully saturated rings. The molecule has 0 aliphatic rings. The van der Waals surface area contributed by atoms with Crippen molar-refractivity contribution in [2.75, 3.05) is 12.4 Å². The number of benzene rings is 2. The molecule has 0 spiro atoms. The molecule has 0 saturated heterocycles. The molecule has 1 N–H and O–H groups in total. The predicted molar refractivity (Wildman–Crippen MR) is 97.2 cm³/mol. The van der Waals surface area contributed by atoms with Crippen LogP contribution in [0.15, 0.2) is 48.7 Å². The van der Waals surface area contributed by atoms with Crippen LogP contribution < -0.4 is 10.1 Å². The zero-order chi connectivity index (χ0) is 16.4. The fraction of sp³-hybridized carbons (Fsp3) is 0.250. The molecule has 3 nitrogen and oxygen atoms in total. The quantitative estimate of drug-likeness (QED) is 0.733. The number of aryl methyl sites for hydroxylation is 1. The molecule has 0 amide bonds. The van der Waals surface area contributed by atoms with Gasteiger partial charge in [0.15, 0.2) is 0 Å². The lowest BCUT2D eigenvalue weighted by Crippen LogP contribution is -2.11. The minimum Gasteiger partial charge on any atom is -0.496 e. The molecule has 2 aromatic carbocycles. The Morgan fingerprint density at radius 2 is 1.87 bits per heavy atom. The van der Waals surface area contributed by atoms with Crippen LogP contribution in [0.3, 0.4) is 0 Å². The van der Waals surface area contributed by atoms with E-state index in [4.69, 9.17) is 4.74 Å². The highest BCUT2D eigenvalue weighted by Gasteiger charge is 2.14. The molecule has 118 valence electrons. The number of fused-ring (bicyclic) bond motifs is 1. The second-order valence-corrected chi connectivity index (χ2v) is 6.07. The molecule has 1 heterocycles. The van der Waals surface area contributed by atoms with Crippen LogP contribution in [-0.4, -0.2) is 18.1 Å². The van der Waals surface area contributed by atoms with Crippen molar-refractivity contribution in [1.29, 1.82) is 0 Å². The maximum absolute atomic E-state index is 5.58. The molecular weight excluding hydrogens is 284 g/mol. The van der Waals surface area contributed by atoms with Gasteiger partial charge in [-0.05, 0) is 37.8 Å². The average Bonchev–Trinajstić information content (AvgIpc) is 2.54. The van der Waals surface area contributed by atoms with Gasteiger partial charge < -0.3 is 10.1 Å². The molecule has 0 saturated carbocycles. The van der Waals surface area contributed by atoms with Crippen molar-refractivity contribution in [3.8, 4) is 16.9 Å². The second-order valence-electron chi connectivity index (χ2n) is 6.07. The SMILES string of the molecule is COc1cccc2c(-c3cccc(C)c3)cnc(NC(C)C)c12. The Morgan fingerprint density at radius 1 is 1.09 bits per heavy atom. The Bertz CT molecular complexity index is 840. The van der Waals surface area contributed by atoms with Crippen LogP contribution in [0.2, 0.25) is 0 Å². The lowest BCUT2D eigenvalue weighted by molar-refractivity contribution is 0.420. The van der Waals surface area contributed by atoms with Gasteiger partial charge in [-0.3, -0.25) is 0 Å². The third-order valence-corrected chi connectivity index (χ3v) is 3.85. The molecule has 0 aliphatic carbocycles. The van der Waals surface area contributed by atoms with Crippen molar-refractivity contribution in [3.63, 3.8) is 0 Å². The van der Waals surface area contributed by atoms with E-state index in [1.54, 1.807) is 7.11 Å². The largest absolute Gasteiger partial charge is 0.496 e. The van der Waals surface area contributed by atoms with Crippen LogP contribution >= 0.6 is 0 Å². The van der Waals surface area contributed by atoms with Crippen molar-refractivity contribution in [3.05, 3.63) is 54.2 Å². The Hall–Kier alpha value is -2.55. The maximum Gasteiger partial charge on any atom is 0.137 e. The Balaban J connectivity index is 2.29. The van der Waals surface area contributed by atoms with Crippen LogP contribution in [0.4, 0.5) is 5.82 Å². The number of nitrogens with zero attached hydrogens (tertiary/aromatic N) is 1. The molecule has 0 aliphatic heterocycles. The fourth-order valence-electron chi connectivity index (χ4n) is 2.86. The summed E-state index contributed by atoms with van der Waals surface area (Å²) in [5.41, 5.74) is 3.53. The highest BCUT2D eigenvalue weighted by Crippen LogP contribution is 2.37. The van der Waals surface area contributed by atoms with Crippen molar-refractivity contribution in [2.45, 2.75) is 26.8 Å². The monoisotopic (exact) mass is 306 g/mol. The summed E-state index contributed by atoms with van der Waals surface area (Å²) in [5, 5.41) is 5.60. The number of anilines is 1. The number of ether oxygens (including phenoxy) is 1.